The SMILES string of the molecule is C/C=C\Nc1ccc(C)cc1. The molecule has 0 atom stereocenters. The molecule has 1 nitrogen and oxygen atoms in total. The highest BCUT2D eigenvalue weighted by Gasteiger charge is 1.85. The lowest BCUT2D eigenvalue weighted by molar-refractivity contribution is 1.45. The second-order valence-corrected chi connectivity index (χ2v) is 2.51. The van der Waals surface area contributed by atoms with Crippen LogP contribution in [0.5, 0.6) is 0 Å². The van der Waals surface area contributed by atoms with Gasteiger partial charge < -0.3 is 5.32 Å². The van der Waals surface area contributed by atoms with Gasteiger partial charge in [0, 0.05) is 5.69 Å². The second-order valence-electron chi connectivity index (χ2n) is 2.51. The van der Waals surface area contributed by atoms with Crippen LogP contribution in [0.1, 0.15) is 12.5 Å². The van der Waals surface area contributed by atoms with Crippen molar-refractivity contribution in [1.82, 2.24) is 0 Å². The van der Waals surface area contributed by atoms with Crippen molar-refractivity contribution >= 4 is 5.69 Å². The molecule has 1 rings (SSSR count). The fraction of sp³-hybridized carbons (Fsp3) is 0.200. The zero-order valence-electron chi connectivity index (χ0n) is 6.96. The first-order chi connectivity index (χ1) is 5.33. The summed E-state index contributed by atoms with van der Waals surface area (Å²) in [5.74, 6) is 0. The van der Waals surface area contributed by atoms with Crippen molar-refractivity contribution in [3.05, 3.63) is 42.1 Å². The highest BCUT2D eigenvalue weighted by molar-refractivity contribution is 5.46. The monoisotopic (exact) mass is 147 g/mol. The maximum Gasteiger partial charge on any atom is 0.0379 e. The van der Waals surface area contributed by atoms with Crippen molar-refractivity contribution in [3.63, 3.8) is 0 Å². The van der Waals surface area contributed by atoms with E-state index in [4.69, 9.17) is 0 Å². The molecule has 1 N–H and O–H groups in total. The van der Waals surface area contributed by atoms with E-state index < -0.39 is 0 Å². The maximum atomic E-state index is 3.14. The molecule has 0 aliphatic rings. The maximum absolute atomic E-state index is 3.14. The quantitative estimate of drug-likeness (QED) is 0.678. The summed E-state index contributed by atoms with van der Waals surface area (Å²) in [5, 5.41) is 3.14. The number of rotatable bonds is 2. The summed E-state index contributed by atoms with van der Waals surface area (Å²) in [6.07, 6.45) is 3.89. The molecule has 1 aromatic rings. The Morgan fingerprint density at radius 3 is 2.36 bits per heavy atom. The van der Waals surface area contributed by atoms with E-state index in [2.05, 4.69) is 36.5 Å². The van der Waals surface area contributed by atoms with Crippen molar-refractivity contribution in [2.75, 3.05) is 5.32 Å². The van der Waals surface area contributed by atoms with E-state index >= 15 is 0 Å². The third kappa shape index (κ3) is 2.46. The number of hydrogen-bond donors (Lipinski definition) is 1. The molecule has 0 unspecified atom stereocenters. The molecule has 1 heteroatoms. The van der Waals surface area contributed by atoms with Crippen LogP contribution in [0, 0.1) is 6.92 Å². The molecule has 0 saturated heterocycles. The van der Waals surface area contributed by atoms with Gasteiger partial charge in [0.15, 0.2) is 0 Å². The van der Waals surface area contributed by atoms with Crippen LogP contribution < -0.4 is 5.32 Å². The molecule has 0 amide bonds. The van der Waals surface area contributed by atoms with E-state index in [1.807, 2.05) is 19.2 Å². The summed E-state index contributed by atoms with van der Waals surface area (Å²) in [4.78, 5) is 0. The van der Waals surface area contributed by atoms with Crippen LogP contribution in [0.2, 0.25) is 0 Å². The predicted octanol–water partition coefficient (Wildman–Crippen LogP) is 2.94. The molecule has 0 heterocycles. The molecule has 58 valence electrons. The molecular weight excluding hydrogens is 134 g/mol. The highest BCUT2D eigenvalue weighted by Crippen LogP contribution is 2.07. The summed E-state index contributed by atoms with van der Waals surface area (Å²) in [5.41, 5.74) is 2.42. The highest BCUT2D eigenvalue weighted by atomic mass is 14.8. The average Bonchev–Trinajstić information content (AvgIpc) is 2.04. The Balaban J connectivity index is 2.66. The average molecular weight is 147 g/mol. The van der Waals surface area contributed by atoms with E-state index in [1.54, 1.807) is 0 Å². The van der Waals surface area contributed by atoms with Crippen molar-refractivity contribution in [1.29, 1.82) is 0 Å². The number of benzene rings is 1. The third-order valence-electron chi connectivity index (χ3n) is 1.47. The molecular formula is C10H13N. The standard InChI is InChI=1S/C10H13N/c1-3-8-11-10-6-4-9(2)5-7-10/h3-8,11H,1-2H3/b8-3-. The van der Waals surface area contributed by atoms with Gasteiger partial charge in [0.2, 0.25) is 0 Å². The van der Waals surface area contributed by atoms with Crippen molar-refractivity contribution < 1.29 is 0 Å². The second kappa shape index (κ2) is 3.81. The van der Waals surface area contributed by atoms with Crippen LogP contribution in [0.25, 0.3) is 0 Å². The van der Waals surface area contributed by atoms with Crippen molar-refractivity contribution in [3.8, 4) is 0 Å². The van der Waals surface area contributed by atoms with Gasteiger partial charge in [-0.05, 0) is 32.2 Å². The number of hydrogen-bond acceptors (Lipinski definition) is 1. The number of allylic oxidation sites excluding steroid dienone is 1. The smallest absolute Gasteiger partial charge is 0.0379 e. The lowest BCUT2D eigenvalue weighted by Crippen LogP contribution is -1.85. The third-order valence-corrected chi connectivity index (χ3v) is 1.47. The van der Waals surface area contributed by atoms with E-state index in [0.717, 1.165) is 5.69 Å². The summed E-state index contributed by atoms with van der Waals surface area (Å²) in [6, 6.07) is 8.31. The summed E-state index contributed by atoms with van der Waals surface area (Å²) in [6.45, 7) is 4.07. The van der Waals surface area contributed by atoms with Gasteiger partial charge in [-0.3, -0.25) is 0 Å². The fourth-order valence-corrected chi connectivity index (χ4v) is 0.829. The predicted molar refractivity (Wildman–Crippen MR) is 49.6 cm³/mol. The Hall–Kier alpha value is -1.24. The molecule has 0 aliphatic heterocycles. The molecule has 1 aromatic carbocycles. The van der Waals surface area contributed by atoms with Crippen LogP contribution in [0.15, 0.2) is 36.5 Å². The van der Waals surface area contributed by atoms with Crippen molar-refractivity contribution in [2.24, 2.45) is 0 Å². The van der Waals surface area contributed by atoms with Gasteiger partial charge in [0.1, 0.15) is 0 Å². The molecule has 0 aliphatic carbocycles. The Morgan fingerprint density at radius 1 is 1.18 bits per heavy atom. The van der Waals surface area contributed by atoms with Gasteiger partial charge in [-0.1, -0.05) is 23.8 Å². The normalized spacial score (nSPS) is 10.4. The van der Waals surface area contributed by atoms with Gasteiger partial charge in [0.05, 0.1) is 0 Å². The van der Waals surface area contributed by atoms with E-state index in [-0.39, 0.29) is 0 Å². The van der Waals surface area contributed by atoms with Gasteiger partial charge in [-0.2, -0.15) is 0 Å². The van der Waals surface area contributed by atoms with Gasteiger partial charge >= 0.3 is 0 Å². The largest absolute Gasteiger partial charge is 0.362 e. The lowest BCUT2D eigenvalue weighted by Gasteiger charge is -1.99. The zero-order chi connectivity index (χ0) is 8.10. The first-order valence-corrected chi connectivity index (χ1v) is 3.77. The van der Waals surface area contributed by atoms with Crippen LogP contribution in [-0.4, -0.2) is 0 Å². The minimum Gasteiger partial charge on any atom is -0.362 e. The molecule has 0 saturated carbocycles. The zero-order valence-corrected chi connectivity index (χ0v) is 6.96. The summed E-state index contributed by atoms with van der Waals surface area (Å²) in [7, 11) is 0. The molecule has 11 heavy (non-hydrogen) atoms. The van der Waals surface area contributed by atoms with Crippen LogP contribution >= 0.6 is 0 Å². The summed E-state index contributed by atoms with van der Waals surface area (Å²) >= 11 is 0. The minimum absolute atomic E-state index is 1.13. The Labute approximate surface area is 67.8 Å². The van der Waals surface area contributed by atoms with Gasteiger partial charge in [-0.15, -0.1) is 0 Å². The Kier molecular flexibility index (Phi) is 2.73. The van der Waals surface area contributed by atoms with Gasteiger partial charge in [-0.25, -0.2) is 0 Å². The lowest BCUT2D eigenvalue weighted by atomic mass is 10.2. The minimum atomic E-state index is 1.13. The first kappa shape index (κ1) is 7.86. The molecule has 0 aromatic heterocycles. The van der Waals surface area contributed by atoms with E-state index in [9.17, 15) is 0 Å². The topological polar surface area (TPSA) is 12.0 Å². The molecule has 0 radical (unpaired) electrons. The number of aryl methyl sites for hydroxylation is 1. The van der Waals surface area contributed by atoms with Crippen LogP contribution in [0.4, 0.5) is 5.69 Å². The summed E-state index contributed by atoms with van der Waals surface area (Å²) < 4.78 is 0. The first-order valence-electron chi connectivity index (χ1n) is 3.77. The van der Waals surface area contributed by atoms with Crippen LogP contribution in [-0.2, 0) is 0 Å². The molecule has 0 spiro atoms. The molecule has 0 bridgehead atoms. The van der Waals surface area contributed by atoms with Crippen LogP contribution in [0.3, 0.4) is 0 Å². The van der Waals surface area contributed by atoms with E-state index in [0.29, 0.717) is 0 Å². The molecule has 0 fully saturated rings. The number of anilines is 1. The number of nitrogens with one attached hydrogen (secondary N) is 1. The van der Waals surface area contributed by atoms with E-state index in [1.165, 1.54) is 5.56 Å². The van der Waals surface area contributed by atoms with Crippen molar-refractivity contribution in [2.45, 2.75) is 13.8 Å². The Bertz CT molecular complexity index is 234. The fourth-order valence-electron chi connectivity index (χ4n) is 0.829. The Morgan fingerprint density at radius 2 is 1.82 bits per heavy atom. The van der Waals surface area contributed by atoms with Gasteiger partial charge in [0.25, 0.3) is 0 Å².